The van der Waals surface area contributed by atoms with Gasteiger partial charge in [0.2, 0.25) is 5.91 Å². The molecule has 1 aromatic heterocycles. The summed E-state index contributed by atoms with van der Waals surface area (Å²) in [5.41, 5.74) is 1.77. The Morgan fingerprint density at radius 1 is 1.14 bits per heavy atom. The van der Waals surface area contributed by atoms with Gasteiger partial charge in [-0.25, -0.2) is 19.6 Å². The zero-order chi connectivity index (χ0) is 30.2. The predicted octanol–water partition coefficient (Wildman–Crippen LogP) is 4.94. The molecule has 4 aliphatic rings. The van der Waals surface area contributed by atoms with E-state index in [1.807, 2.05) is 30.6 Å². The molecule has 9 nitrogen and oxygen atoms in total. The van der Waals surface area contributed by atoms with E-state index in [4.69, 9.17) is 4.98 Å². The minimum atomic E-state index is -0.445. The molecule has 3 aliphatic heterocycles. The fourth-order valence-corrected chi connectivity index (χ4v) is 8.23. The van der Waals surface area contributed by atoms with Crippen molar-refractivity contribution in [1.29, 1.82) is 5.26 Å². The SMILES string of the molecule is CCN(C(=O)c1cc(F)ccc1N1CCN(C2CCCN(C(=O)C3B(C#N)C4CCC3C4)CC2)c2ncncc21)C(C)C. The molecular formula is C32H41BFN7O2. The van der Waals surface area contributed by atoms with E-state index in [1.165, 1.54) is 12.1 Å². The van der Waals surface area contributed by atoms with Crippen LogP contribution in [0.4, 0.5) is 21.6 Å². The number of halogens is 1. The van der Waals surface area contributed by atoms with Crippen LogP contribution >= 0.6 is 0 Å². The summed E-state index contributed by atoms with van der Waals surface area (Å²) in [4.78, 5) is 44.5. The number of rotatable bonds is 6. The van der Waals surface area contributed by atoms with Gasteiger partial charge >= 0.3 is 0 Å². The molecule has 0 spiro atoms. The Hall–Kier alpha value is -3.68. The number of carbonyl (C=O) groups excluding carboxylic acids is 2. The molecule has 2 amide bonds. The number of hydrogen-bond acceptors (Lipinski definition) is 7. The second-order valence-electron chi connectivity index (χ2n) is 12.8. The summed E-state index contributed by atoms with van der Waals surface area (Å²) in [6.45, 7) is 8.92. The molecule has 1 aliphatic carbocycles. The normalized spacial score (nSPS) is 25.0. The van der Waals surface area contributed by atoms with Gasteiger partial charge in [-0.3, -0.25) is 9.59 Å². The summed E-state index contributed by atoms with van der Waals surface area (Å²) >= 11 is 0. The first-order valence-electron chi connectivity index (χ1n) is 15.9. The summed E-state index contributed by atoms with van der Waals surface area (Å²) in [5, 5.41) is 9.81. The smallest absolute Gasteiger partial charge is 0.283 e. The minimum absolute atomic E-state index is 0.0163. The van der Waals surface area contributed by atoms with Crippen molar-refractivity contribution in [3.05, 3.63) is 42.1 Å². The van der Waals surface area contributed by atoms with Crippen LogP contribution < -0.4 is 9.80 Å². The third kappa shape index (κ3) is 5.34. The lowest BCUT2D eigenvalue weighted by Gasteiger charge is -2.42. The Morgan fingerprint density at radius 3 is 2.74 bits per heavy atom. The monoisotopic (exact) mass is 585 g/mol. The first-order valence-corrected chi connectivity index (χ1v) is 15.9. The summed E-state index contributed by atoms with van der Waals surface area (Å²) in [7, 11) is 0. The van der Waals surface area contributed by atoms with E-state index in [1.54, 1.807) is 23.5 Å². The molecule has 2 aromatic rings. The van der Waals surface area contributed by atoms with E-state index in [-0.39, 0.29) is 36.4 Å². The van der Waals surface area contributed by atoms with Gasteiger partial charge < -0.3 is 19.6 Å². The van der Waals surface area contributed by atoms with Crippen molar-refractivity contribution >= 4 is 35.7 Å². The van der Waals surface area contributed by atoms with Gasteiger partial charge in [0.25, 0.3) is 12.6 Å². The molecule has 3 fully saturated rings. The van der Waals surface area contributed by atoms with Gasteiger partial charge in [-0.15, -0.1) is 0 Å². The van der Waals surface area contributed by atoms with Gasteiger partial charge in [-0.05, 0) is 70.0 Å². The van der Waals surface area contributed by atoms with Gasteiger partial charge in [0.15, 0.2) is 5.82 Å². The molecule has 1 aromatic carbocycles. The lowest BCUT2D eigenvalue weighted by Crippen LogP contribution is -2.46. The maximum atomic E-state index is 14.5. The van der Waals surface area contributed by atoms with E-state index in [2.05, 4.69) is 15.9 Å². The number of hydrogen-bond donors (Lipinski definition) is 0. The van der Waals surface area contributed by atoms with Crippen LogP contribution in [-0.2, 0) is 4.79 Å². The molecule has 1 saturated carbocycles. The first kappa shape index (κ1) is 29.4. The topological polar surface area (TPSA) is 96.7 Å². The third-order valence-electron chi connectivity index (χ3n) is 10.3. The first-order chi connectivity index (χ1) is 20.8. The van der Waals surface area contributed by atoms with Gasteiger partial charge in [0.1, 0.15) is 17.8 Å². The average Bonchev–Trinajstić information content (AvgIpc) is 3.54. The highest BCUT2D eigenvalue weighted by Gasteiger charge is 2.54. The summed E-state index contributed by atoms with van der Waals surface area (Å²) in [6, 6.07) is 4.60. The molecule has 11 heteroatoms. The van der Waals surface area contributed by atoms with Crippen LogP contribution in [0.1, 0.15) is 69.7 Å². The van der Waals surface area contributed by atoms with Crippen molar-refractivity contribution in [3.63, 3.8) is 0 Å². The molecule has 4 unspecified atom stereocenters. The molecule has 0 radical (unpaired) electrons. The third-order valence-corrected chi connectivity index (χ3v) is 10.3. The molecule has 43 heavy (non-hydrogen) atoms. The Bertz CT molecular complexity index is 1420. The Morgan fingerprint density at radius 2 is 1.98 bits per heavy atom. The van der Waals surface area contributed by atoms with Crippen molar-refractivity contribution in [2.45, 2.75) is 83.0 Å². The van der Waals surface area contributed by atoms with Crippen LogP contribution in [0.5, 0.6) is 0 Å². The van der Waals surface area contributed by atoms with E-state index in [0.717, 1.165) is 56.6 Å². The standard InChI is InChI=1S/C32H41BFN7O2/c1-4-39(21(2)3)31(42)26-17-24(34)9-10-27(26)41-15-14-40(30-28(41)18-36-20-37-30)25-6-5-12-38(13-11-25)32(43)29-22-7-8-23(16-22)33(29)19-35/h9-10,17-18,20-23,25,29H,4-8,11-16H2,1-3H3. The van der Waals surface area contributed by atoms with E-state index >= 15 is 0 Å². The van der Waals surface area contributed by atoms with E-state index < -0.39 is 5.82 Å². The quantitative estimate of drug-likeness (QED) is 0.444. The van der Waals surface area contributed by atoms with Crippen LogP contribution in [0.3, 0.4) is 0 Å². The fraction of sp³-hybridized carbons (Fsp3) is 0.594. The number of amides is 2. The average molecular weight is 586 g/mol. The molecule has 6 rings (SSSR count). The zero-order valence-electron chi connectivity index (χ0n) is 25.5. The Kier molecular flexibility index (Phi) is 8.30. The lowest BCUT2D eigenvalue weighted by atomic mass is 9.35. The molecule has 226 valence electrons. The van der Waals surface area contributed by atoms with Gasteiger partial charge in [-0.2, -0.15) is 0 Å². The number of nitriles is 1. The zero-order valence-corrected chi connectivity index (χ0v) is 25.5. The van der Waals surface area contributed by atoms with Gasteiger partial charge in [-0.1, -0.05) is 19.3 Å². The second kappa shape index (κ2) is 12.1. The number of aromatic nitrogens is 2. The number of benzene rings is 1. The summed E-state index contributed by atoms with van der Waals surface area (Å²) in [5.74, 6) is 3.44. The molecule has 2 bridgehead atoms. The highest BCUT2D eigenvalue weighted by Crippen LogP contribution is 2.55. The van der Waals surface area contributed by atoms with Crippen LogP contribution in [0.25, 0.3) is 0 Å². The van der Waals surface area contributed by atoms with Crippen LogP contribution in [0.2, 0.25) is 11.6 Å². The van der Waals surface area contributed by atoms with E-state index in [0.29, 0.717) is 49.2 Å². The molecule has 4 heterocycles. The van der Waals surface area contributed by atoms with Crippen LogP contribution in [-0.4, -0.2) is 83.1 Å². The lowest BCUT2D eigenvalue weighted by molar-refractivity contribution is -0.132. The molecule has 0 N–H and O–H groups in total. The molecule has 2 saturated heterocycles. The highest BCUT2D eigenvalue weighted by atomic mass is 19.1. The number of carbonyl (C=O) groups is 2. The molecule has 4 atom stereocenters. The minimum Gasteiger partial charge on any atom is -0.350 e. The van der Waals surface area contributed by atoms with Crippen LogP contribution in [0, 0.1) is 23.0 Å². The van der Waals surface area contributed by atoms with E-state index in [9.17, 15) is 19.2 Å². The highest BCUT2D eigenvalue weighted by molar-refractivity contribution is 6.74. The maximum absolute atomic E-state index is 14.5. The second-order valence-corrected chi connectivity index (χ2v) is 12.8. The Balaban J connectivity index is 1.22. The largest absolute Gasteiger partial charge is 0.350 e. The fourth-order valence-electron chi connectivity index (χ4n) is 8.23. The summed E-state index contributed by atoms with van der Waals surface area (Å²) in [6.07, 6.45) is 9.17. The van der Waals surface area contributed by atoms with Crippen molar-refractivity contribution < 1.29 is 14.0 Å². The summed E-state index contributed by atoms with van der Waals surface area (Å²) < 4.78 is 14.5. The van der Waals surface area contributed by atoms with Crippen molar-refractivity contribution in [1.82, 2.24) is 19.8 Å². The van der Waals surface area contributed by atoms with Crippen molar-refractivity contribution in [3.8, 4) is 5.97 Å². The van der Waals surface area contributed by atoms with Crippen molar-refractivity contribution in [2.75, 3.05) is 42.5 Å². The number of fused-ring (bicyclic) bond motifs is 3. The Labute approximate surface area is 254 Å². The van der Waals surface area contributed by atoms with Crippen LogP contribution in [0.15, 0.2) is 30.7 Å². The maximum Gasteiger partial charge on any atom is 0.283 e. The van der Waals surface area contributed by atoms with Gasteiger partial charge in [0.05, 0.1) is 17.4 Å². The van der Waals surface area contributed by atoms with Crippen molar-refractivity contribution in [2.24, 2.45) is 5.92 Å². The number of anilines is 3. The number of likely N-dealkylation sites (tertiary alicyclic amines) is 1. The molecular weight excluding hydrogens is 544 g/mol. The van der Waals surface area contributed by atoms with Gasteiger partial charge in [0, 0.05) is 56.6 Å². The predicted molar refractivity (Wildman–Crippen MR) is 165 cm³/mol. The number of nitrogens with zero attached hydrogens (tertiary/aromatic N) is 7.